The van der Waals surface area contributed by atoms with Crippen molar-refractivity contribution in [3.05, 3.63) is 113 Å². The third-order valence-electron chi connectivity index (χ3n) is 22.2. The summed E-state index contributed by atoms with van der Waals surface area (Å²) < 4.78 is 2.56. The number of hydrogen-bond donors (Lipinski definition) is 22. The van der Waals surface area contributed by atoms with Crippen molar-refractivity contribution < 1.29 is 91.4 Å². The first kappa shape index (κ1) is 110. The molecule has 0 bridgehead atoms. The fourth-order valence-electron chi connectivity index (χ4n) is 14.8. The van der Waals surface area contributed by atoms with Gasteiger partial charge in [-0.25, -0.2) is 0 Å². The Morgan fingerprint density at radius 1 is 0.564 bits per heavy atom. The molecule has 1 unspecified atom stereocenters. The number of H-pyrrole nitrogens is 1. The lowest BCUT2D eigenvalue weighted by Gasteiger charge is -2.39. The Labute approximate surface area is 782 Å². The van der Waals surface area contributed by atoms with Crippen LogP contribution in [0.5, 0.6) is 5.75 Å². The molecule has 0 aliphatic carbocycles. The second-order valence-corrected chi connectivity index (χ2v) is 39.3. The minimum absolute atomic E-state index is 0.0198. The number of carbonyl (C=O) groups is 17. The zero-order valence-corrected chi connectivity index (χ0v) is 79.5. The maximum absolute atomic E-state index is 16.4. The minimum atomic E-state index is -2.03. The Kier molecular flexibility index (Phi) is 42.3. The maximum atomic E-state index is 16.4. The van der Waals surface area contributed by atoms with Crippen LogP contribution in [0.4, 0.5) is 0 Å². The fourth-order valence-corrected chi connectivity index (χ4v) is 17.6. The van der Waals surface area contributed by atoms with Crippen molar-refractivity contribution in [1.82, 2.24) is 79.4 Å². The predicted molar refractivity (Wildman–Crippen MR) is 504 cm³/mol. The summed E-state index contributed by atoms with van der Waals surface area (Å²) >= 11 is 0. The predicted octanol–water partition coefficient (Wildman–Crippen LogP) is -0.703. The quantitative estimate of drug-likeness (QED) is 0.0169. The Morgan fingerprint density at radius 3 is 1.77 bits per heavy atom. The lowest BCUT2D eigenvalue weighted by Crippen LogP contribution is -2.65. The molecule has 0 radical (unpaired) electrons. The zero-order chi connectivity index (χ0) is 99.0. The molecule has 5 aromatic rings. The molecule has 1 aromatic heterocycles. The van der Waals surface area contributed by atoms with E-state index in [1.165, 1.54) is 55.4 Å². The van der Waals surface area contributed by atoms with Crippen LogP contribution in [0.3, 0.4) is 0 Å². The number of unbranched alkanes of at least 4 members (excludes halogenated alkanes) is 3. The van der Waals surface area contributed by atoms with Gasteiger partial charge in [-0.2, -0.15) is 0 Å². The van der Waals surface area contributed by atoms with E-state index in [-0.39, 0.29) is 115 Å². The van der Waals surface area contributed by atoms with Gasteiger partial charge in [-0.05, 0) is 184 Å². The van der Waals surface area contributed by atoms with Gasteiger partial charge in [0.25, 0.3) is 0 Å². The van der Waals surface area contributed by atoms with Crippen LogP contribution >= 0.6 is 21.6 Å². The second kappa shape index (κ2) is 51.3. The zero-order valence-electron chi connectivity index (χ0n) is 77.9. The number of carbonyl (C=O) groups excluding carboxylic acids is 17. The minimum Gasteiger partial charge on any atom is -0.492 e. The molecule has 1 aliphatic heterocycles. The van der Waals surface area contributed by atoms with E-state index < -0.39 is 207 Å². The summed E-state index contributed by atoms with van der Waals surface area (Å²) in [6.45, 7) is 19.9. The van der Waals surface area contributed by atoms with Crippen LogP contribution in [0.25, 0.3) is 21.7 Å². The summed E-state index contributed by atoms with van der Waals surface area (Å²) in [4.78, 5) is 248. The molecule has 28 N–H and O–H groups in total. The molecule has 0 saturated carbocycles. The number of benzene rings is 4. The summed E-state index contributed by atoms with van der Waals surface area (Å²) in [6.07, 6.45) is -2.29. The molecule has 17 amide bonds. The SMILES string of the molecule is CC(=O)NCCCC[C@H](NC(=O)C(C)(CCCCN)NC(=O)[C@H](Cc1ccc2ccccc2c1)NC(=O)[C@H](Cc1ccc(OCCN)cc1)NC(=O)[C@H]1NC(=O)[C@H](CCCCNC(=O)C(C)(C)N)NC(=O)[C@H](Cc2c[nH]c3c(C)cccc23)NC(=O)[C@H]([C@@H](C)O)NC(=O)[C@H](CC(N)=O)NC(=O)[C@@H](NC(C)=O)C(C)(C)SSC1(C)C)C(=O)N[C@@H](CC(N)=O)C(=O)N[C@H](CC(C)C)C(N)=O. The van der Waals surface area contributed by atoms with Gasteiger partial charge >= 0.3 is 0 Å². The van der Waals surface area contributed by atoms with Crippen molar-refractivity contribution in [3.63, 3.8) is 0 Å². The fraction of sp³-hybridized carbons (Fsp3) is 0.549. The molecule has 2 heterocycles. The Bertz CT molecular complexity index is 4950. The van der Waals surface area contributed by atoms with E-state index in [2.05, 4.69) is 79.4 Å². The van der Waals surface area contributed by atoms with Gasteiger partial charge < -0.3 is 124 Å². The highest BCUT2D eigenvalue weighted by atomic mass is 33.1. The molecule has 133 heavy (non-hydrogen) atoms. The van der Waals surface area contributed by atoms with Crippen LogP contribution in [0.15, 0.2) is 91.1 Å². The van der Waals surface area contributed by atoms with Crippen molar-refractivity contribution in [2.75, 3.05) is 32.8 Å². The number of aryl methyl sites for hydroxylation is 1. The van der Waals surface area contributed by atoms with Gasteiger partial charge in [0.2, 0.25) is 100 Å². The molecule has 13 atom stereocenters. The van der Waals surface area contributed by atoms with E-state index in [1.807, 2.05) is 31.2 Å². The van der Waals surface area contributed by atoms with Gasteiger partial charge in [-0.15, -0.1) is 0 Å². The van der Waals surface area contributed by atoms with E-state index in [1.54, 1.807) is 80.7 Å². The van der Waals surface area contributed by atoms with Crippen LogP contribution in [-0.4, -0.2) is 236 Å². The Hall–Kier alpha value is -12.0. The molecule has 1 aliphatic rings. The number of ether oxygens (including phenoxy) is 1. The number of fused-ring (bicyclic) bond motifs is 2. The number of aromatic amines is 1. The number of para-hydroxylation sites is 1. The van der Waals surface area contributed by atoms with E-state index in [0.717, 1.165) is 46.4 Å². The van der Waals surface area contributed by atoms with Crippen LogP contribution in [-0.2, 0) is 101 Å². The highest BCUT2D eigenvalue weighted by Gasteiger charge is 2.47. The molecule has 42 heteroatoms. The molecule has 6 rings (SSSR count). The van der Waals surface area contributed by atoms with Crippen molar-refractivity contribution >= 4 is 144 Å². The summed E-state index contributed by atoms with van der Waals surface area (Å²) in [5.74, 6) is -16.1. The standard InChI is InChI=1S/C91H135N21O19S2/c1-49(2)41-63(75(96)118)103-80(123)67(46-69(94)116)105-76(119)62(28-16-20-38-98-52(5)114)109-87(130)91(13,35-18-19-36-92)112-82(125)65(44-55-29-32-56-24-14-15-25-57(56)42-55)104-78(121)64(43-54-30-33-59(34-31-54)131-40-37-93)107-85(128)74-90(11,12)133-132-89(9,10)73(101-53(6)115)84(127)108-68(47-70(95)117)81(124)110-72(51(4)113)83(126)106-66(45-58-48-100-71-50(3)23-22-26-60(58)71)79(122)102-61(77(120)111-74)27-17-21-39-99-86(129)88(7,8)97/h14-15,22-26,29-34,42,48-49,51,61-68,72-74,100,113H,16-21,27-28,35-41,43-47,92-93,97H2,1-13H3,(H2,94,116)(H2,95,117)(H2,96,118)(H,98,114)(H,99,129)(H,101,115)(H,102,122)(H,103,123)(H,104,121)(H,105,119)(H,106,126)(H,107,128)(H,108,127)(H,109,130)(H,110,124)(H,111,120)(H,112,125)/t51-,61+,62+,63-,64+,65+,66+,67+,68+,72+,73-,74-,91?/m1/s1. The first-order chi connectivity index (χ1) is 62.5. The monoisotopic (exact) mass is 1890 g/mol. The Morgan fingerprint density at radius 2 is 1.15 bits per heavy atom. The van der Waals surface area contributed by atoms with E-state index in [4.69, 9.17) is 39.1 Å². The van der Waals surface area contributed by atoms with Crippen molar-refractivity contribution in [3.8, 4) is 5.75 Å². The first-order valence-electron chi connectivity index (χ1n) is 44.5. The van der Waals surface area contributed by atoms with Crippen LogP contribution in [0.2, 0.25) is 0 Å². The number of aromatic nitrogens is 1. The topological polar surface area (TPSA) is 660 Å². The van der Waals surface area contributed by atoms with E-state index >= 15 is 28.8 Å². The molecule has 40 nitrogen and oxygen atoms in total. The smallest absolute Gasteiger partial charge is 0.246 e. The van der Waals surface area contributed by atoms with Crippen molar-refractivity contribution in [2.45, 2.75) is 279 Å². The molecule has 1 saturated heterocycles. The highest BCUT2D eigenvalue weighted by molar-refractivity contribution is 8.77. The average molecular weight is 1890 g/mol. The molecular weight excluding hydrogens is 1760 g/mol. The number of aliphatic hydroxyl groups is 1. The van der Waals surface area contributed by atoms with E-state index in [9.17, 15) is 57.8 Å². The highest BCUT2D eigenvalue weighted by Crippen LogP contribution is 2.47. The molecule has 4 aromatic carbocycles. The average Bonchev–Trinajstić information content (AvgIpc) is 1.68. The van der Waals surface area contributed by atoms with Gasteiger partial charge in [-0.1, -0.05) is 108 Å². The number of nitrogens with two attached hydrogens (primary N) is 6. The van der Waals surface area contributed by atoms with Gasteiger partial charge in [0.15, 0.2) is 0 Å². The summed E-state index contributed by atoms with van der Waals surface area (Å²) in [5, 5.41) is 51.0. The first-order valence-corrected chi connectivity index (χ1v) is 46.6. The third-order valence-corrected chi connectivity index (χ3v) is 26.5. The largest absolute Gasteiger partial charge is 0.492 e. The number of amides is 17. The lowest BCUT2D eigenvalue weighted by molar-refractivity contribution is -0.138. The van der Waals surface area contributed by atoms with Gasteiger partial charge in [0.1, 0.15) is 84.4 Å². The van der Waals surface area contributed by atoms with Crippen LogP contribution in [0.1, 0.15) is 182 Å². The number of primary amides is 3. The maximum Gasteiger partial charge on any atom is 0.246 e. The van der Waals surface area contributed by atoms with Crippen molar-refractivity contribution in [2.24, 2.45) is 40.3 Å². The summed E-state index contributed by atoms with van der Waals surface area (Å²) in [7, 11) is 1.80. The third kappa shape index (κ3) is 34.8. The molecule has 0 spiro atoms. The number of nitrogens with one attached hydrogen (secondary N) is 15. The summed E-state index contributed by atoms with van der Waals surface area (Å²) in [5.41, 5.74) is 34.4. The van der Waals surface area contributed by atoms with Crippen LogP contribution in [0, 0.1) is 12.8 Å². The summed E-state index contributed by atoms with van der Waals surface area (Å²) in [6, 6.07) is 5.60. The Balaban J connectivity index is 1.56. The lowest BCUT2D eigenvalue weighted by atomic mass is 9.91. The number of aliphatic hydroxyl groups excluding tert-OH is 1. The second-order valence-electron chi connectivity index (χ2n) is 35.9. The van der Waals surface area contributed by atoms with E-state index in [0.29, 0.717) is 45.1 Å². The van der Waals surface area contributed by atoms with Crippen molar-refractivity contribution in [1.29, 1.82) is 0 Å². The molecular formula is C91H135N21O19S2. The molecule has 1 fully saturated rings. The van der Waals surface area contributed by atoms with Gasteiger partial charge in [-0.3, -0.25) is 81.5 Å². The molecule has 730 valence electrons. The normalized spacial score (nSPS) is 19.2. The van der Waals surface area contributed by atoms with Crippen LogP contribution < -0.4 is 114 Å². The number of hydrogen-bond acceptors (Lipinski definition) is 24. The van der Waals surface area contributed by atoms with Gasteiger partial charge in [0, 0.05) is 79.3 Å². The van der Waals surface area contributed by atoms with Gasteiger partial charge in [0.05, 0.1) is 24.5 Å². The number of rotatable bonds is 45.